The molecule has 1 N–H and O–H groups in total. The molecule has 0 aromatic heterocycles. The van der Waals surface area contributed by atoms with Gasteiger partial charge in [-0.15, -0.1) is 0 Å². The number of nitrogens with zero attached hydrogens (tertiary/aromatic N) is 1. The molecule has 0 saturated heterocycles. The highest BCUT2D eigenvalue weighted by atomic mass is 16.5. The van der Waals surface area contributed by atoms with Crippen molar-refractivity contribution in [2.24, 2.45) is 0 Å². The Kier molecular flexibility index (Phi) is 5.79. The van der Waals surface area contributed by atoms with E-state index >= 15 is 0 Å². The standard InChI is InChI=1S/C22H27NO5/c1-23(14-22(25)28-4)10-9-16-12-20(26-2)21(27-3)13-18(16)19(23)11-15-5-7-17(24)8-6-15/h5-8,12-13,19H,9-11,14H2,1-4H3/p+1/t19-,23+/m1/s1. The monoisotopic (exact) mass is 386 g/mol. The van der Waals surface area contributed by atoms with E-state index in [0.29, 0.717) is 22.5 Å². The number of carbonyl (C=O) groups is 1. The average molecular weight is 386 g/mol. The van der Waals surface area contributed by atoms with E-state index in [-0.39, 0.29) is 17.8 Å². The van der Waals surface area contributed by atoms with Gasteiger partial charge in [0.1, 0.15) is 11.8 Å². The lowest BCUT2D eigenvalue weighted by Gasteiger charge is -2.45. The number of rotatable bonds is 6. The fourth-order valence-corrected chi connectivity index (χ4v) is 4.07. The van der Waals surface area contributed by atoms with Gasteiger partial charge in [0.05, 0.1) is 34.9 Å². The molecule has 0 fully saturated rings. The van der Waals surface area contributed by atoms with Crippen molar-refractivity contribution in [2.75, 3.05) is 41.5 Å². The first kappa shape index (κ1) is 20.0. The molecule has 6 nitrogen and oxygen atoms in total. The van der Waals surface area contributed by atoms with Crippen LogP contribution in [0.5, 0.6) is 17.2 Å². The highest BCUT2D eigenvalue weighted by molar-refractivity contribution is 5.70. The van der Waals surface area contributed by atoms with Gasteiger partial charge in [0, 0.05) is 18.4 Å². The van der Waals surface area contributed by atoms with Gasteiger partial charge >= 0.3 is 5.97 Å². The van der Waals surface area contributed by atoms with Crippen LogP contribution in [0.25, 0.3) is 0 Å². The molecule has 28 heavy (non-hydrogen) atoms. The number of phenols is 1. The van der Waals surface area contributed by atoms with Gasteiger partial charge in [0.15, 0.2) is 18.0 Å². The quantitative estimate of drug-likeness (QED) is 0.611. The zero-order valence-electron chi connectivity index (χ0n) is 16.9. The van der Waals surface area contributed by atoms with E-state index in [1.807, 2.05) is 24.3 Å². The number of aromatic hydroxyl groups is 1. The highest BCUT2D eigenvalue weighted by Crippen LogP contribution is 2.42. The van der Waals surface area contributed by atoms with E-state index < -0.39 is 0 Å². The molecule has 2 aromatic carbocycles. The van der Waals surface area contributed by atoms with Crippen molar-refractivity contribution in [3.63, 3.8) is 0 Å². The van der Waals surface area contributed by atoms with Gasteiger partial charge in [0.2, 0.25) is 0 Å². The zero-order chi connectivity index (χ0) is 20.3. The summed E-state index contributed by atoms with van der Waals surface area (Å²) in [5.74, 6) is 1.42. The van der Waals surface area contributed by atoms with E-state index in [0.717, 1.165) is 30.5 Å². The first-order valence-corrected chi connectivity index (χ1v) is 9.34. The van der Waals surface area contributed by atoms with Gasteiger partial charge in [0.25, 0.3) is 0 Å². The predicted octanol–water partition coefficient (Wildman–Crippen LogP) is 2.87. The average Bonchev–Trinajstić information content (AvgIpc) is 2.70. The van der Waals surface area contributed by atoms with Crippen LogP contribution in [0.15, 0.2) is 36.4 Å². The molecule has 1 aliphatic rings. The van der Waals surface area contributed by atoms with E-state index in [4.69, 9.17) is 14.2 Å². The largest absolute Gasteiger partial charge is 0.508 e. The van der Waals surface area contributed by atoms with Crippen LogP contribution >= 0.6 is 0 Å². The molecule has 3 rings (SSSR count). The second kappa shape index (κ2) is 8.10. The second-order valence-electron chi connectivity index (χ2n) is 7.48. The molecule has 1 heterocycles. The summed E-state index contributed by atoms with van der Waals surface area (Å²) in [5.41, 5.74) is 3.46. The van der Waals surface area contributed by atoms with Crippen LogP contribution in [0.1, 0.15) is 22.7 Å². The van der Waals surface area contributed by atoms with Crippen molar-refractivity contribution in [3.8, 4) is 17.2 Å². The molecule has 0 amide bonds. The van der Waals surface area contributed by atoms with Crippen LogP contribution in [0, 0.1) is 0 Å². The van der Waals surface area contributed by atoms with E-state index in [1.54, 1.807) is 26.4 Å². The third kappa shape index (κ3) is 3.92. The lowest BCUT2D eigenvalue weighted by Crippen LogP contribution is -2.54. The van der Waals surface area contributed by atoms with Crippen molar-refractivity contribution in [1.82, 2.24) is 0 Å². The summed E-state index contributed by atoms with van der Waals surface area (Å²) in [6.45, 7) is 1.12. The van der Waals surface area contributed by atoms with E-state index in [2.05, 4.69) is 7.05 Å². The summed E-state index contributed by atoms with van der Waals surface area (Å²) in [6, 6.07) is 11.4. The van der Waals surface area contributed by atoms with Crippen LogP contribution in [0.2, 0.25) is 0 Å². The van der Waals surface area contributed by atoms with Crippen LogP contribution in [-0.2, 0) is 22.4 Å². The molecule has 6 heteroatoms. The minimum atomic E-state index is -0.220. The van der Waals surface area contributed by atoms with Gasteiger partial charge in [-0.05, 0) is 35.4 Å². The summed E-state index contributed by atoms with van der Waals surface area (Å²) < 4.78 is 16.5. The number of hydrogen-bond donors (Lipinski definition) is 1. The Hall–Kier alpha value is -2.73. The molecule has 0 bridgehead atoms. The fourth-order valence-electron chi connectivity index (χ4n) is 4.07. The third-order valence-corrected chi connectivity index (χ3v) is 5.73. The van der Waals surface area contributed by atoms with Gasteiger partial charge < -0.3 is 23.8 Å². The fraction of sp³-hybridized carbons (Fsp3) is 0.409. The Morgan fingerprint density at radius 2 is 1.75 bits per heavy atom. The lowest BCUT2D eigenvalue weighted by molar-refractivity contribution is -0.934. The number of benzene rings is 2. The smallest absolute Gasteiger partial charge is 0.361 e. The molecule has 0 radical (unpaired) electrons. The number of methoxy groups -OCH3 is 3. The molecule has 2 aromatic rings. The van der Waals surface area contributed by atoms with Crippen molar-refractivity contribution in [1.29, 1.82) is 0 Å². The maximum atomic E-state index is 12.1. The second-order valence-corrected chi connectivity index (χ2v) is 7.48. The maximum Gasteiger partial charge on any atom is 0.361 e. The van der Waals surface area contributed by atoms with Gasteiger partial charge in [-0.25, -0.2) is 4.79 Å². The lowest BCUT2D eigenvalue weighted by atomic mass is 9.86. The Morgan fingerprint density at radius 1 is 1.11 bits per heavy atom. The van der Waals surface area contributed by atoms with Crippen molar-refractivity contribution >= 4 is 5.97 Å². The van der Waals surface area contributed by atoms with Gasteiger partial charge in [-0.2, -0.15) is 0 Å². The number of fused-ring (bicyclic) bond motifs is 1. The zero-order valence-corrected chi connectivity index (χ0v) is 16.9. The molecular formula is C22H28NO5+. The van der Waals surface area contributed by atoms with Gasteiger partial charge in [-0.3, -0.25) is 0 Å². The highest BCUT2D eigenvalue weighted by Gasteiger charge is 2.41. The van der Waals surface area contributed by atoms with Gasteiger partial charge in [-0.1, -0.05) is 12.1 Å². The minimum absolute atomic E-state index is 0.0483. The number of ether oxygens (including phenoxy) is 3. The molecule has 0 unspecified atom stereocenters. The molecule has 2 atom stereocenters. The van der Waals surface area contributed by atoms with Crippen molar-refractivity contribution in [3.05, 3.63) is 53.1 Å². The summed E-state index contributed by atoms with van der Waals surface area (Å²) in [5, 5.41) is 9.60. The number of quaternary nitrogens is 1. The first-order chi connectivity index (χ1) is 13.4. The number of esters is 1. The molecular weight excluding hydrogens is 358 g/mol. The van der Waals surface area contributed by atoms with Crippen LogP contribution in [-0.4, -0.2) is 57.0 Å². The molecule has 1 aliphatic heterocycles. The summed E-state index contributed by atoms with van der Waals surface area (Å²) in [6.07, 6.45) is 1.57. The summed E-state index contributed by atoms with van der Waals surface area (Å²) in [4.78, 5) is 12.1. The van der Waals surface area contributed by atoms with Crippen LogP contribution < -0.4 is 9.47 Å². The summed E-state index contributed by atoms with van der Waals surface area (Å²) >= 11 is 0. The Labute approximate surface area is 165 Å². The Morgan fingerprint density at radius 3 is 2.36 bits per heavy atom. The molecule has 150 valence electrons. The number of likely N-dealkylation sites (N-methyl/N-ethyl adjacent to an activating group) is 1. The van der Waals surface area contributed by atoms with Crippen LogP contribution in [0.3, 0.4) is 0 Å². The number of carbonyl (C=O) groups excluding carboxylic acids is 1. The SMILES string of the molecule is COC(=O)C[N@+]1(C)CCc2cc(OC)c(OC)cc2[C@H]1Cc1ccc(O)cc1. The number of hydrogen-bond acceptors (Lipinski definition) is 5. The van der Waals surface area contributed by atoms with Crippen molar-refractivity contribution in [2.45, 2.75) is 18.9 Å². The Bertz CT molecular complexity index is 849. The third-order valence-electron chi connectivity index (χ3n) is 5.73. The first-order valence-electron chi connectivity index (χ1n) is 9.34. The Balaban J connectivity index is 2.06. The minimum Gasteiger partial charge on any atom is -0.508 e. The number of phenolic OH excluding ortho intramolecular Hbond substituents is 1. The van der Waals surface area contributed by atoms with E-state index in [9.17, 15) is 9.90 Å². The topological polar surface area (TPSA) is 65.0 Å². The molecule has 0 aliphatic carbocycles. The van der Waals surface area contributed by atoms with Crippen LogP contribution in [0.4, 0.5) is 0 Å². The normalized spacial score (nSPS) is 20.9. The molecule has 0 spiro atoms. The molecule has 0 saturated carbocycles. The van der Waals surface area contributed by atoms with Crippen molar-refractivity contribution < 1.29 is 28.6 Å². The maximum absolute atomic E-state index is 12.1. The van der Waals surface area contributed by atoms with E-state index in [1.165, 1.54) is 12.7 Å². The summed E-state index contributed by atoms with van der Waals surface area (Å²) in [7, 11) is 6.79. The predicted molar refractivity (Wildman–Crippen MR) is 106 cm³/mol.